The summed E-state index contributed by atoms with van der Waals surface area (Å²) in [5, 5.41) is 5.70. The van der Waals surface area contributed by atoms with E-state index in [1.807, 2.05) is 0 Å². The van der Waals surface area contributed by atoms with Gasteiger partial charge in [0.05, 0.1) is 6.61 Å². The highest BCUT2D eigenvalue weighted by Gasteiger charge is 2.23. The van der Waals surface area contributed by atoms with Gasteiger partial charge in [-0.3, -0.25) is 9.59 Å². The molecule has 1 aliphatic rings. The summed E-state index contributed by atoms with van der Waals surface area (Å²) in [5.74, 6) is -0.190. The highest BCUT2D eigenvalue weighted by molar-refractivity contribution is 5.97. The van der Waals surface area contributed by atoms with Gasteiger partial charge in [-0.25, -0.2) is 4.39 Å². The number of benzene rings is 2. The smallest absolute Gasteiger partial charge is 0.251 e. The molecule has 0 radical (unpaired) electrons. The van der Waals surface area contributed by atoms with Crippen molar-refractivity contribution in [3.05, 3.63) is 59.9 Å². The topological polar surface area (TPSA) is 67.4 Å². The number of ether oxygens (including phenoxy) is 1. The fraction of sp³-hybridized carbons (Fsp3) is 0.300. The normalized spacial score (nSPS) is 13.1. The first-order chi connectivity index (χ1) is 12.6. The van der Waals surface area contributed by atoms with E-state index in [-0.39, 0.29) is 24.1 Å². The fourth-order valence-corrected chi connectivity index (χ4v) is 2.44. The average Bonchev–Trinajstić information content (AvgIpc) is 3.43. The van der Waals surface area contributed by atoms with E-state index < -0.39 is 0 Å². The molecule has 1 fully saturated rings. The molecule has 26 heavy (non-hydrogen) atoms. The molecule has 0 aliphatic heterocycles. The van der Waals surface area contributed by atoms with Crippen LogP contribution < -0.4 is 15.4 Å². The van der Waals surface area contributed by atoms with Crippen molar-refractivity contribution in [3.63, 3.8) is 0 Å². The molecule has 2 amide bonds. The van der Waals surface area contributed by atoms with Crippen LogP contribution in [0.1, 0.15) is 36.0 Å². The first-order valence-corrected chi connectivity index (χ1v) is 8.69. The number of rotatable bonds is 8. The Morgan fingerprint density at radius 1 is 1.12 bits per heavy atom. The van der Waals surface area contributed by atoms with E-state index in [1.54, 1.807) is 36.4 Å². The van der Waals surface area contributed by atoms with Crippen molar-refractivity contribution in [3.8, 4) is 5.75 Å². The third-order valence-corrected chi connectivity index (χ3v) is 3.93. The first-order valence-electron chi connectivity index (χ1n) is 8.69. The fourth-order valence-electron chi connectivity index (χ4n) is 2.44. The third-order valence-electron chi connectivity index (χ3n) is 3.93. The second-order valence-electron chi connectivity index (χ2n) is 6.29. The minimum Gasteiger partial charge on any atom is -0.493 e. The monoisotopic (exact) mass is 356 g/mol. The van der Waals surface area contributed by atoms with Crippen molar-refractivity contribution in [1.29, 1.82) is 0 Å². The van der Waals surface area contributed by atoms with E-state index in [0.29, 0.717) is 36.1 Å². The molecule has 2 aromatic carbocycles. The van der Waals surface area contributed by atoms with Gasteiger partial charge in [-0.15, -0.1) is 0 Å². The molecule has 1 aliphatic carbocycles. The van der Waals surface area contributed by atoms with Crippen LogP contribution in [-0.4, -0.2) is 24.5 Å². The quantitative estimate of drug-likeness (QED) is 0.711. The van der Waals surface area contributed by atoms with E-state index >= 15 is 0 Å². The van der Waals surface area contributed by atoms with Gasteiger partial charge in [0, 0.05) is 29.8 Å². The van der Waals surface area contributed by atoms with E-state index in [2.05, 4.69) is 10.6 Å². The maximum atomic E-state index is 13.0. The van der Waals surface area contributed by atoms with E-state index in [1.165, 1.54) is 12.1 Å². The van der Waals surface area contributed by atoms with Crippen LogP contribution in [0.15, 0.2) is 48.5 Å². The lowest BCUT2D eigenvalue weighted by molar-refractivity contribution is -0.116. The molecule has 136 valence electrons. The van der Waals surface area contributed by atoms with Crippen LogP contribution in [0.3, 0.4) is 0 Å². The summed E-state index contributed by atoms with van der Waals surface area (Å²) in [7, 11) is 0. The number of halogens is 1. The van der Waals surface area contributed by atoms with Gasteiger partial charge in [0.2, 0.25) is 5.91 Å². The predicted octanol–water partition coefficient (Wildman–Crippen LogP) is 3.52. The Hall–Kier alpha value is -2.89. The van der Waals surface area contributed by atoms with Gasteiger partial charge in [-0.1, -0.05) is 12.1 Å². The number of carbonyl (C=O) groups excluding carboxylic acids is 2. The summed E-state index contributed by atoms with van der Waals surface area (Å²) in [4.78, 5) is 24.1. The standard InChI is InChI=1S/C20H21FN2O3/c21-15-5-2-7-18(13-15)26-11-3-8-19(24)22-17-6-1-4-14(12-17)20(25)23-16-9-10-16/h1-2,4-7,12-13,16H,3,8-11H2,(H,22,24)(H,23,25). The maximum Gasteiger partial charge on any atom is 0.251 e. The molecule has 0 atom stereocenters. The summed E-state index contributed by atoms with van der Waals surface area (Å²) in [6.45, 7) is 0.320. The number of hydrogen-bond acceptors (Lipinski definition) is 3. The minimum absolute atomic E-state index is 0.118. The van der Waals surface area contributed by atoms with Crippen LogP contribution in [0.25, 0.3) is 0 Å². The molecule has 0 heterocycles. The van der Waals surface area contributed by atoms with Gasteiger partial charge >= 0.3 is 0 Å². The molecule has 0 spiro atoms. The molecule has 5 nitrogen and oxygen atoms in total. The van der Waals surface area contributed by atoms with Crippen molar-refractivity contribution in [2.75, 3.05) is 11.9 Å². The van der Waals surface area contributed by atoms with Gasteiger partial charge < -0.3 is 15.4 Å². The van der Waals surface area contributed by atoms with Crippen LogP contribution in [0.5, 0.6) is 5.75 Å². The SMILES string of the molecule is O=C(CCCOc1cccc(F)c1)Nc1cccc(C(=O)NC2CC2)c1. The predicted molar refractivity (Wildman–Crippen MR) is 96.7 cm³/mol. The molecule has 6 heteroatoms. The Morgan fingerprint density at radius 2 is 1.92 bits per heavy atom. The Balaban J connectivity index is 1.42. The molecule has 3 rings (SSSR count). The Bertz CT molecular complexity index is 790. The molecule has 1 saturated carbocycles. The number of amides is 2. The lowest BCUT2D eigenvalue weighted by atomic mass is 10.2. The zero-order valence-electron chi connectivity index (χ0n) is 14.3. The van der Waals surface area contributed by atoms with Crippen molar-refractivity contribution < 1.29 is 18.7 Å². The van der Waals surface area contributed by atoms with Gasteiger partial charge in [-0.2, -0.15) is 0 Å². The van der Waals surface area contributed by atoms with Gasteiger partial charge in [0.15, 0.2) is 0 Å². The molecule has 0 saturated heterocycles. The first kappa shape index (κ1) is 17.9. The summed E-state index contributed by atoms with van der Waals surface area (Å²) in [5.41, 5.74) is 1.12. The zero-order chi connectivity index (χ0) is 18.4. The summed E-state index contributed by atoms with van der Waals surface area (Å²) >= 11 is 0. The second kappa shape index (κ2) is 8.47. The molecule has 0 aromatic heterocycles. The lowest BCUT2D eigenvalue weighted by Gasteiger charge is -2.09. The molecule has 0 bridgehead atoms. The average molecular weight is 356 g/mol. The van der Waals surface area contributed by atoms with Gasteiger partial charge in [0.25, 0.3) is 5.91 Å². The van der Waals surface area contributed by atoms with Crippen LogP contribution in [-0.2, 0) is 4.79 Å². The van der Waals surface area contributed by atoms with Crippen molar-refractivity contribution in [2.24, 2.45) is 0 Å². The lowest BCUT2D eigenvalue weighted by Crippen LogP contribution is -2.25. The van der Waals surface area contributed by atoms with Crippen LogP contribution >= 0.6 is 0 Å². The summed E-state index contributed by atoms with van der Waals surface area (Å²) < 4.78 is 18.4. The number of carbonyl (C=O) groups is 2. The Morgan fingerprint density at radius 3 is 2.69 bits per heavy atom. The molecular formula is C20H21FN2O3. The maximum absolute atomic E-state index is 13.0. The van der Waals surface area contributed by atoms with E-state index in [0.717, 1.165) is 12.8 Å². The highest BCUT2D eigenvalue weighted by atomic mass is 19.1. The molecule has 0 unspecified atom stereocenters. The Kier molecular flexibility index (Phi) is 5.84. The summed E-state index contributed by atoms with van der Waals surface area (Å²) in [6.07, 6.45) is 2.83. The molecule has 2 N–H and O–H groups in total. The van der Waals surface area contributed by atoms with Gasteiger partial charge in [-0.05, 0) is 49.6 Å². The number of hydrogen-bond donors (Lipinski definition) is 2. The number of nitrogens with one attached hydrogen (secondary N) is 2. The van der Waals surface area contributed by atoms with Crippen LogP contribution in [0.4, 0.5) is 10.1 Å². The van der Waals surface area contributed by atoms with Gasteiger partial charge in [0.1, 0.15) is 11.6 Å². The molecular weight excluding hydrogens is 335 g/mol. The Labute approximate surface area is 151 Å². The minimum atomic E-state index is -0.356. The number of anilines is 1. The summed E-state index contributed by atoms with van der Waals surface area (Å²) in [6, 6.07) is 13.1. The van der Waals surface area contributed by atoms with Crippen molar-refractivity contribution in [1.82, 2.24) is 5.32 Å². The van der Waals surface area contributed by atoms with E-state index in [4.69, 9.17) is 4.74 Å². The van der Waals surface area contributed by atoms with Crippen LogP contribution in [0, 0.1) is 5.82 Å². The largest absolute Gasteiger partial charge is 0.493 e. The zero-order valence-corrected chi connectivity index (χ0v) is 14.3. The van der Waals surface area contributed by atoms with E-state index in [9.17, 15) is 14.0 Å². The van der Waals surface area contributed by atoms with Crippen molar-refractivity contribution in [2.45, 2.75) is 31.7 Å². The molecule has 2 aromatic rings. The second-order valence-corrected chi connectivity index (χ2v) is 6.29. The third kappa shape index (κ3) is 5.58. The van der Waals surface area contributed by atoms with Crippen molar-refractivity contribution >= 4 is 17.5 Å². The highest BCUT2D eigenvalue weighted by Crippen LogP contribution is 2.20. The van der Waals surface area contributed by atoms with Crippen LogP contribution in [0.2, 0.25) is 0 Å².